The molecular weight excluding hydrogens is 423 g/mol. The van der Waals surface area contributed by atoms with Crippen LogP contribution in [0.3, 0.4) is 0 Å². The summed E-state index contributed by atoms with van der Waals surface area (Å²) < 4.78 is 39.9. The van der Waals surface area contributed by atoms with Gasteiger partial charge in [-0.05, 0) is 49.6 Å². The Kier molecular flexibility index (Phi) is 5.40. The summed E-state index contributed by atoms with van der Waals surface area (Å²) in [7, 11) is 0. The first kappa shape index (κ1) is 21.2. The molecule has 0 bridgehead atoms. The molecule has 1 unspecified atom stereocenters. The molecule has 2 aromatic rings. The van der Waals surface area contributed by atoms with Crippen LogP contribution in [0.15, 0.2) is 59.1 Å². The fourth-order valence-electron chi connectivity index (χ4n) is 4.23. The van der Waals surface area contributed by atoms with Gasteiger partial charge in [0.2, 0.25) is 0 Å². The van der Waals surface area contributed by atoms with E-state index in [-0.39, 0.29) is 22.9 Å². The number of nitrogens with two attached hydrogens (primary N) is 1. The van der Waals surface area contributed by atoms with Crippen molar-refractivity contribution in [1.82, 2.24) is 0 Å². The quantitative estimate of drug-likeness (QED) is 0.667. The second kappa shape index (κ2) is 7.89. The predicted octanol–water partition coefficient (Wildman–Crippen LogP) is 5.63. The Morgan fingerprint density at radius 2 is 2.03 bits per heavy atom. The number of benzene rings is 1. The van der Waals surface area contributed by atoms with Gasteiger partial charge < -0.3 is 5.73 Å². The molecule has 0 saturated carbocycles. The van der Waals surface area contributed by atoms with Gasteiger partial charge in [0, 0.05) is 33.1 Å². The minimum Gasteiger partial charge on any atom is -0.384 e. The number of aryl methyl sites for hydroxylation is 1. The Morgan fingerprint density at radius 3 is 2.68 bits per heavy atom. The van der Waals surface area contributed by atoms with Crippen LogP contribution >= 0.6 is 11.3 Å². The van der Waals surface area contributed by atoms with Gasteiger partial charge in [-0.1, -0.05) is 13.0 Å². The van der Waals surface area contributed by atoms with E-state index >= 15 is 0 Å². The number of carbonyl (C=O) groups excluding carboxylic acids is 1. The summed E-state index contributed by atoms with van der Waals surface area (Å²) in [4.78, 5) is 16.5. The molecular formula is C23H20F3N3OS. The molecule has 1 aliphatic carbocycles. The lowest BCUT2D eigenvalue weighted by atomic mass is 9.78. The Labute approximate surface area is 182 Å². The van der Waals surface area contributed by atoms with E-state index in [4.69, 9.17) is 5.73 Å². The number of anilines is 1. The summed E-state index contributed by atoms with van der Waals surface area (Å²) in [5.74, 6) is -0.596. The van der Waals surface area contributed by atoms with E-state index in [1.54, 1.807) is 0 Å². The summed E-state index contributed by atoms with van der Waals surface area (Å²) in [6, 6.07) is 10.8. The van der Waals surface area contributed by atoms with Gasteiger partial charge in [-0.15, -0.1) is 11.3 Å². The maximum atomic E-state index is 13.3. The zero-order valence-corrected chi connectivity index (χ0v) is 17.6. The summed E-state index contributed by atoms with van der Waals surface area (Å²) in [6.45, 7) is 2.03. The van der Waals surface area contributed by atoms with Crippen LogP contribution in [0.25, 0.3) is 0 Å². The third-order valence-electron chi connectivity index (χ3n) is 5.66. The average Bonchev–Trinajstić information content (AvgIpc) is 3.21. The number of rotatable bonds is 3. The minimum atomic E-state index is -4.52. The molecule has 4 nitrogen and oxygen atoms in total. The van der Waals surface area contributed by atoms with E-state index in [0.29, 0.717) is 30.5 Å². The molecule has 1 aliphatic heterocycles. The van der Waals surface area contributed by atoms with Crippen molar-refractivity contribution >= 4 is 22.8 Å². The van der Waals surface area contributed by atoms with E-state index in [1.165, 1.54) is 28.4 Å². The Hall–Kier alpha value is -3.05. The van der Waals surface area contributed by atoms with Gasteiger partial charge in [0.1, 0.15) is 5.82 Å². The van der Waals surface area contributed by atoms with Crippen molar-refractivity contribution in [2.45, 2.75) is 44.7 Å². The Balaban J connectivity index is 1.93. The molecule has 4 rings (SSSR count). The molecule has 0 amide bonds. The van der Waals surface area contributed by atoms with E-state index in [2.05, 4.69) is 6.07 Å². The number of alkyl halides is 3. The van der Waals surface area contributed by atoms with Crippen molar-refractivity contribution < 1.29 is 18.0 Å². The first-order valence-electron chi connectivity index (χ1n) is 9.98. The molecule has 1 atom stereocenters. The van der Waals surface area contributed by atoms with Crippen molar-refractivity contribution in [1.29, 1.82) is 5.26 Å². The minimum absolute atomic E-state index is 0.0757. The number of Topliss-reactive ketones (excluding diaryl/α,β-unsaturated/α-hetero) is 1. The summed E-state index contributed by atoms with van der Waals surface area (Å²) >= 11 is 1.53. The Morgan fingerprint density at radius 1 is 1.26 bits per heavy atom. The number of allylic oxidation sites excluding steroid dienone is 3. The third-order valence-corrected chi connectivity index (χ3v) is 6.95. The molecule has 0 saturated heterocycles. The second-order valence-electron chi connectivity index (χ2n) is 7.52. The number of nitriles is 1. The fraction of sp³-hybridized carbons (Fsp3) is 0.304. The highest BCUT2D eigenvalue weighted by Gasteiger charge is 2.41. The molecule has 1 aromatic heterocycles. The molecule has 0 spiro atoms. The SMILES string of the molecule is CCc1ccc(C2C(C#N)=C(N)N(c3cccc(C(F)(F)F)c3)C3=C2C(=O)CCC3)s1. The second-order valence-corrected chi connectivity index (χ2v) is 8.72. The van der Waals surface area contributed by atoms with Gasteiger partial charge in [-0.3, -0.25) is 9.69 Å². The molecule has 8 heteroatoms. The zero-order valence-electron chi connectivity index (χ0n) is 16.8. The molecule has 2 heterocycles. The number of hydrogen-bond acceptors (Lipinski definition) is 5. The topological polar surface area (TPSA) is 70.1 Å². The average molecular weight is 443 g/mol. The summed E-state index contributed by atoms with van der Waals surface area (Å²) in [5.41, 5.74) is 7.04. The van der Waals surface area contributed by atoms with Crippen molar-refractivity contribution in [3.05, 3.63) is 74.4 Å². The lowest BCUT2D eigenvalue weighted by molar-refractivity contribution is -0.137. The first-order valence-corrected chi connectivity index (χ1v) is 10.8. The lowest BCUT2D eigenvalue weighted by Crippen LogP contribution is -2.38. The van der Waals surface area contributed by atoms with E-state index in [0.717, 1.165) is 28.3 Å². The molecule has 1 aromatic carbocycles. The standard InChI is InChI=1S/C23H20F3N3OS/c1-2-15-9-10-19(31-15)20-16(12-27)22(28)29(17-7-4-8-18(30)21(17)20)14-6-3-5-13(11-14)23(24,25)26/h3,5-6,9-11,20H,2,4,7-8,28H2,1H3. The van der Waals surface area contributed by atoms with Crippen molar-refractivity contribution in [2.75, 3.05) is 4.90 Å². The number of carbonyl (C=O) groups is 1. The number of hydrogen-bond donors (Lipinski definition) is 1. The van der Waals surface area contributed by atoms with Crippen molar-refractivity contribution in [2.24, 2.45) is 5.73 Å². The maximum absolute atomic E-state index is 13.3. The molecule has 160 valence electrons. The van der Waals surface area contributed by atoms with Crippen LogP contribution in [0, 0.1) is 11.3 Å². The van der Waals surface area contributed by atoms with E-state index < -0.39 is 17.7 Å². The van der Waals surface area contributed by atoms with Crippen LogP contribution in [0.1, 0.15) is 47.4 Å². The smallest absolute Gasteiger partial charge is 0.384 e. The van der Waals surface area contributed by atoms with Crippen LogP contribution in [-0.4, -0.2) is 5.78 Å². The Bertz CT molecular complexity index is 1150. The highest BCUT2D eigenvalue weighted by Crippen LogP contribution is 2.48. The van der Waals surface area contributed by atoms with Gasteiger partial charge in [0.15, 0.2) is 5.78 Å². The highest BCUT2D eigenvalue weighted by molar-refractivity contribution is 7.12. The number of ketones is 1. The number of nitrogens with zero attached hydrogens (tertiary/aromatic N) is 2. The summed E-state index contributed by atoms with van der Waals surface area (Å²) in [5, 5.41) is 9.96. The maximum Gasteiger partial charge on any atom is 0.416 e. The zero-order chi connectivity index (χ0) is 22.3. The van der Waals surface area contributed by atoms with Gasteiger partial charge in [-0.25, -0.2) is 0 Å². The van der Waals surface area contributed by atoms with Gasteiger partial charge in [-0.2, -0.15) is 18.4 Å². The molecule has 2 N–H and O–H groups in total. The molecule has 2 aliphatic rings. The lowest BCUT2D eigenvalue weighted by Gasteiger charge is -2.39. The van der Waals surface area contributed by atoms with Crippen LogP contribution in [0.5, 0.6) is 0 Å². The van der Waals surface area contributed by atoms with E-state index in [9.17, 15) is 23.2 Å². The third kappa shape index (κ3) is 3.63. The first-order chi connectivity index (χ1) is 14.8. The normalized spacial score (nSPS) is 19.5. The van der Waals surface area contributed by atoms with E-state index in [1.807, 2.05) is 19.1 Å². The predicted molar refractivity (Wildman–Crippen MR) is 113 cm³/mol. The van der Waals surface area contributed by atoms with Crippen molar-refractivity contribution in [3.8, 4) is 6.07 Å². The monoisotopic (exact) mass is 443 g/mol. The fourth-order valence-corrected chi connectivity index (χ4v) is 5.30. The number of thiophene rings is 1. The van der Waals surface area contributed by atoms with Crippen LogP contribution in [0.4, 0.5) is 18.9 Å². The van der Waals surface area contributed by atoms with Gasteiger partial charge >= 0.3 is 6.18 Å². The molecule has 31 heavy (non-hydrogen) atoms. The molecule has 0 radical (unpaired) electrons. The van der Waals surface area contributed by atoms with Crippen LogP contribution in [-0.2, 0) is 17.4 Å². The highest BCUT2D eigenvalue weighted by atomic mass is 32.1. The van der Waals surface area contributed by atoms with Crippen molar-refractivity contribution in [3.63, 3.8) is 0 Å². The van der Waals surface area contributed by atoms with Crippen LogP contribution < -0.4 is 10.6 Å². The van der Waals surface area contributed by atoms with Gasteiger partial charge in [0.25, 0.3) is 0 Å². The number of halogens is 3. The van der Waals surface area contributed by atoms with Crippen LogP contribution in [0.2, 0.25) is 0 Å². The summed E-state index contributed by atoms with van der Waals surface area (Å²) in [6.07, 6.45) is -2.26. The molecule has 0 fully saturated rings. The largest absolute Gasteiger partial charge is 0.416 e. The van der Waals surface area contributed by atoms with Gasteiger partial charge in [0.05, 0.1) is 23.1 Å².